The van der Waals surface area contributed by atoms with E-state index in [1.165, 1.54) is 22.3 Å². The standard InChI is InChI=1S/C28H34N2O5/c1-19(7-6-12-26(31)30(16-15-27(32)33)17-20-13-14-20)29-28(34)35-18-25-23-10-4-2-8-21(23)22-9-3-5-11-24(22)25/h2-5,8-11,19-20,25H,6-7,12-18H2,1H3,(H,29,34)(H,32,33). The summed E-state index contributed by atoms with van der Waals surface area (Å²) in [5, 5.41) is 11.8. The fraction of sp³-hybridized carbons (Fsp3) is 0.464. The second-order valence-electron chi connectivity index (χ2n) is 9.69. The number of carboxylic acids is 1. The van der Waals surface area contributed by atoms with E-state index >= 15 is 0 Å². The normalized spacial score (nSPS) is 15.1. The molecule has 2 aromatic rings. The first-order valence-corrected chi connectivity index (χ1v) is 12.5. The molecule has 0 saturated heterocycles. The van der Waals surface area contributed by atoms with Gasteiger partial charge in [0, 0.05) is 31.5 Å². The molecule has 186 valence electrons. The molecule has 2 N–H and O–H groups in total. The minimum Gasteiger partial charge on any atom is -0.481 e. The van der Waals surface area contributed by atoms with Gasteiger partial charge in [-0.2, -0.15) is 0 Å². The predicted octanol–water partition coefficient (Wildman–Crippen LogP) is 4.80. The molecule has 7 nitrogen and oxygen atoms in total. The summed E-state index contributed by atoms with van der Waals surface area (Å²) in [6.45, 7) is 3.08. The van der Waals surface area contributed by atoms with Gasteiger partial charge in [-0.05, 0) is 60.8 Å². The third kappa shape index (κ3) is 6.62. The van der Waals surface area contributed by atoms with Crippen LogP contribution in [0.1, 0.15) is 62.5 Å². The number of benzene rings is 2. The number of hydrogen-bond donors (Lipinski definition) is 2. The van der Waals surface area contributed by atoms with Crippen molar-refractivity contribution in [1.82, 2.24) is 10.2 Å². The lowest BCUT2D eigenvalue weighted by atomic mass is 9.98. The van der Waals surface area contributed by atoms with Crippen LogP contribution in [0.5, 0.6) is 0 Å². The number of nitrogens with zero attached hydrogens (tertiary/aromatic N) is 1. The molecule has 0 spiro atoms. The Kier molecular flexibility index (Phi) is 8.06. The van der Waals surface area contributed by atoms with Crippen molar-refractivity contribution < 1.29 is 24.2 Å². The van der Waals surface area contributed by atoms with Crippen molar-refractivity contribution in [2.45, 2.75) is 57.4 Å². The van der Waals surface area contributed by atoms with Crippen LogP contribution in [0.15, 0.2) is 48.5 Å². The summed E-state index contributed by atoms with van der Waals surface area (Å²) in [6.07, 6.45) is 3.35. The van der Waals surface area contributed by atoms with Gasteiger partial charge in [0.25, 0.3) is 0 Å². The van der Waals surface area contributed by atoms with Crippen molar-refractivity contribution in [2.75, 3.05) is 19.7 Å². The van der Waals surface area contributed by atoms with E-state index in [2.05, 4.69) is 29.6 Å². The Morgan fingerprint density at radius 2 is 1.66 bits per heavy atom. The second kappa shape index (κ2) is 11.4. The number of nitrogens with one attached hydrogen (secondary N) is 1. The summed E-state index contributed by atoms with van der Waals surface area (Å²) < 4.78 is 5.60. The van der Waals surface area contributed by atoms with Crippen LogP contribution in [0.4, 0.5) is 4.79 Å². The largest absolute Gasteiger partial charge is 0.481 e. The molecule has 1 saturated carbocycles. The number of rotatable bonds is 12. The molecule has 0 bridgehead atoms. The Balaban J connectivity index is 1.21. The van der Waals surface area contributed by atoms with Crippen molar-refractivity contribution in [1.29, 1.82) is 0 Å². The fourth-order valence-electron chi connectivity index (χ4n) is 4.79. The lowest BCUT2D eigenvalue weighted by molar-refractivity contribution is -0.138. The van der Waals surface area contributed by atoms with E-state index in [-0.39, 0.29) is 37.4 Å². The number of alkyl carbamates (subject to hydrolysis) is 1. The number of carbonyl (C=O) groups excluding carboxylic acids is 2. The molecule has 4 rings (SSSR count). The first kappa shape index (κ1) is 24.8. The van der Waals surface area contributed by atoms with Crippen LogP contribution in [0, 0.1) is 5.92 Å². The van der Waals surface area contributed by atoms with E-state index in [9.17, 15) is 14.4 Å². The molecule has 0 aliphatic heterocycles. The van der Waals surface area contributed by atoms with E-state index in [0.29, 0.717) is 31.7 Å². The number of carbonyl (C=O) groups is 3. The third-order valence-corrected chi connectivity index (χ3v) is 6.86. The molecule has 35 heavy (non-hydrogen) atoms. The maximum atomic E-state index is 12.6. The van der Waals surface area contributed by atoms with Gasteiger partial charge in [0.05, 0.1) is 6.42 Å². The van der Waals surface area contributed by atoms with Gasteiger partial charge < -0.3 is 20.1 Å². The molecule has 1 fully saturated rings. The Morgan fingerprint density at radius 1 is 1.03 bits per heavy atom. The maximum Gasteiger partial charge on any atom is 0.407 e. The molecule has 0 radical (unpaired) electrons. The molecule has 1 atom stereocenters. The zero-order chi connectivity index (χ0) is 24.8. The van der Waals surface area contributed by atoms with Crippen molar-refractivity contribution in [2.24, 2.45) is 5.92 Å². The highest BCUT2D eigenvalue weighted by atomic mass is 16.5. The monoisotopic (exact) mass is 478 g/mol. The average molecular weight is 479 g/mol. The number of ether oxygens (including phenoxy) is 1. The van der Waals surface area contributed by atoms with Crippen LogP contribution in [-0.4, -0.2) is 53.7 Å². The molecular formula is C28H34N2O5. The summed E-state index contributed by atoms with van der Waals surface area (Å²) in [4.78, 5) is 37.6. The molecule has 2 amide bonds. The molecular weight excluding hydrogens is 444 g/mol. The molecule has 0 heterocycles. The van der Waals surface area contributed by atoms with Gasteiger partial charge in [-0.25, -0.2) is 4.79 Å². The van der Waals surface area contributed by atoms with Crippen molar-refractivity contribution in [3.63, 3.8) is 0 Å². The molecule has 2 aliphatic rings. The van der Waals surface area contributed by atoms with Gasteiger partial charge in [-0.1, -0.05) is 48.5 Å². The van der Waals surface area contributed by atoms with E-state index in [1.807, 2.05) is 31.2 Å². The molecule has 2 aromatic carbocycles. The number of amides is 2. The number of aliphatic carboxylic acids is 1. The Bertz CT molecular complexity index is 1020. The SMILES string of the molecule is CC(CCCC(=O)N(CCC(=O)O)CC1CC1)NC(=O)OCC1c2ccccc2-c2ccccc21. The summed E-state index contributed by atoms with van der Waals surface area (Å²) in [7, 11) is 0. The van der Waals surface area contributed by atoms with Crippen LogP contribution < -0.4 is 5.32 Å². The van der Waals surface area contributed by atoms with Crippen molar-refractivity contribution >= 4 is 18.0 Å². The minimum absolute atomic E-state index is 0.00788. The highest BCUT2D eigenvalue weighted by molar-refractivity contribution is 5.79. The van der Waals surface area contributed by atoms with Gasteiger partial charge in [0.15, 0.2) is 0 Å². The lowest BCUT2D eigenvalue weighted by Crippen LogP contribution is -2.36. The first-order chi connectivity index (χ1) is 16.9. The van der Waals surface area contributed by atoms with E-state index in [1.54, 1.807) is 4.90 Å². The number of fused-ring (bicyclic) bond motifs is 3. The maximum absolute atomic E-state index is 12.6. The quantitative estimate of drug-likeness (QED) is 0.457. The fourth-order valence-corrected chi connectivity index (χ4v) is 4.79. The molecule has 7 heteroatoms. The average Bonchev–Trinajstić information content (AvgIpc) is 3.61. The minimum atomic E-state index is -0.889. The summed E-state index contributed by atoms with van der Waals surface area (Å²) in [6, 6.07) is 16.3. The van der Waals surface area contributed by atoms with Gasteiger partial charge in [0.2, 0.25) is 5.91 Å². The summed E-state index contributed by atoms with van der Waals surface area (Å²) in [5.74, 6) is -0.364. The van der Waals surface area contributed by atoms with E-state index < -0.39 is 12.1 Å². The van der Waals surface area contributed by atoms with Crippen molar-refractivity contribution in [3.8, 4) is 11.1 Å². The smallest absolute Gasteiger partial charge is 0.407 e. The van der Waals surface area contributed by atoms with E-state index in [0.717, 1.165) is 12.8 Å². The van der Waals surface area contributed by atoms with Gasteiger partial charge in [0.1, 0.15) is 6.61 Å². The number of carboxylic acid groups (broad SMARTS) is 1. The predicted molar refractivity (Wildman–Crippen MR) is 133 cm³/mol. The highest BCUT2D eigenvalue weighted by Gasteiger charge is 2.29. The summed E-state index contributed by atoms with van der Waals surface area (Å²) in [5.41, 5.74) is 4.72. The van der Waals surface area contributed by atoms with Gasteiger partial charge >= 0.3 is 12.1 Å². The Morgan fingerprint density at radius 3 is 2.26 bits per heavy atom. The second-order valence-corrected chi connectivity index (χ2v) is 9.69. The van der Waals surface area contributed by atoms with Crippen LogP contribution in [0.25, 0.3) is 11.1 Å². The zero-order valence-corrected chi connectivity index (χ0v) is 20.2. The summed E-state index contributed by atoms with van der Waals surface area (Å²) >= 11 is 0. The third-order valence-electron chi connectivity index (χ3n) is 6.86. The van der Waals surface area contributed by atoms with Crippen LogP contribution in [0.3, 0.4) is 0 Å². The lowest BCUT2D eigenvalue weighted by Gasteiger charge is -2.22. The van der Waals surface area contributed by atoms with Crippen LogP contribution in [-0.2, 0) is 14.3 Å². The highest BCUT2D eigenvalue weighted by Crippen LogP contribution is 2.44. The van der Waals surface area contributed by atoms with Crippen LogP contribution in [0.2, 0.25) is 0 Å². The van der Waals surface area contributed by atoms with Gasteiger partial charge in [-0.3, -0.25) is 9.59 Å². The van der Waals surface area contributed by atoms with Crippen LogP contribution >= 0.6 is 0 Å². The van der Waals surface area contributed by atoms with E-state index in [4.69, 9.17) is 9.84 Å². The Hall–Kier alpha value is -3.35. The Labute approximate surface area is 206 Å². The molecule has 1 unspecified atom stereocenters. The number of hydrogen-bond acceptors (Lipinski definition) is 4. The zero-order valence-electron chi connectivity index (χ0n) is 20.2. The van der Waals surface area contributed by atoms with Crippen molar-refractivity contribution in [3.05, 3.63) is 59.7 Å². The molecule has 2 aliphatic carbocycles. The first-order valence-electron chi connectivity index (χ1n) is 12.5. The molecule has 0 aromatic heterocycles. The topological polar surface area (TPSA) is 95.9 Å². The van der Waals surface area contributed by atoms with Gasteiger partial charge in [-0.15, -0.1) is 0 Å².